The number of fused-ring (bicyclic) bond motifs is 3. The molecule has 6 bridgehead atoms. The summed E-state index contributed by atoms with van der Waals surface area (Å²) in [6.07, 6.45) is 7.37. The van der Waals surface area contributed by atoms with Crippen LogP contribution in [0.4, 0.5) is 0 Å². The van der Waals surface area contributed by atoms with E-state index in [4.69, 9.17) is 3.77 Å². The molecule has 7 aliphatic rings. The largest absolute Gasteiger partial charge is 0.289 e. The molecule has 6 fully saturated rings. The third-order valence-electron chi connectivity index (χ3n) is 12.3. The van der Waals surface area contributed by atoms with Gasteiger partial charge < -0.3 is 0 Å². The van der Waals surface area contributed by atoms with Crippen molar-refractivity contribution in [3.8, 4) is 0 Å². The smallest absolute Gasteiger partial charge is 0.206 e. The average Bonchev–Trinajstić information content (AvgIpc) is 3.51. The zero-order valence-corrected chi connectivity index (χ0v) is 27.5. The molecule has 0 radical (unpaired) electrons. The summed E-state index contributed by atoms with van der Waals surface area (Å²) in [5.41, 5.74) is 3.80. The fourth-order valence-corrected chi connectivity index (χ4v) is 19.1. The number of nitrogens with zero attached hydrogens (tertiary/aromatic N) is 2. The van der Waals surface area contributed by atoms with Crippen molar-refractivity contribution >= 4 is 30.9 Å². The molecule has 6 aliphatic carbocycles. The van der Waals surface area contributed by atoms with Crippen LogP contribution in [0.3, 0.4) is 0 Å². The van der Waals surface area contributed by atoms with Crippen molar-refractivity contribution < 1.29 is 16.8 Å². The van der Waals surface area contributed by atoms with Crippen molar-refractivity contribution in [2.45, 2.75) is 90.7 Å². The second-order valence-corrected chi connectivity index (χ2v) is 20.0. The Morgan fingerprint density at radius 2 is 1.16 bits per heavy atom. The van der Waals surface area contributed by atoms with E-state index >= 15 is 8.42 Å². The number of sulfonamides is 2. The van der Waals surface area contributed by atoms with Gasteiger partial charge >= 0.3 is 0 Å². The Balaban J connectivity index is 1.34. The lowest BCUT2D eigenvalue weighted by molar-refractivity contribution is -0.0880. The first-order chi connectivity index (χ1) is 21.1. The van der Waals surface area contributed by atoms with E-state index in [1.165, 1.54) is 17.5 Å². The first kappa shape index (κ1) is 27.9. The van der Waals surface area contributed by atoms with E-state index in [1.54, 1.807) is 40.1 Å². The molecule has 1 aliphatic heterocycles. The Bertz CT molecular complexity index is 1890. The van der Waals surface area contributed by atoms with E-state index in [0.717, 1.165) is 49.7 Å². The van der Waals surface area contributed by atoms with Crippen LogP contribution in [0.25, 0.3) is 0 Å². The third-order valence-corrected chi connectivity index (χ3v) is 19.4. The molecule has 3 aromatic carbocycles. The van der Waals surface area contributed by atoms with Crippen molar-refractivity contribution in [1.29, 1.82) is 0 Å². The van der Waals surface area contributed by atoms with E-state index in [0.29, 0.717) is 11.8 Å². The van der Waals surface area contributed by atoms with Gasteiger partial charge in [0.15, 0.2) is 0 Å². The molecular weight excluding hydrogens is 609 g/mol. The molecule has 1 heterocycles. The van der Waals surface area contributed by atoms with Gasteiger partial charge in [-0.2, -0.15) is 8.42 Å². The quantitative estimate of drug-likeness (QED) is 0.305. The normalized spacial score (nSPS) is 38.5. The van der Waals surface area contributed by atoms with Gasteiger partial charge in [-0.1, -0.05) is 59.7 Å². The summed E-state index contributed by atoms with van der Waals surface area (Å²) in [6.45, 7) is 3.88. The molecule has 10 rings (SSSR count). The maximum Gasteiger partial charge on any atom is 0.289 e. The summed E-state index contributed by atoms with van der Waals surface area (Å²) in [7, 11) is -9.58. The summed E-state index contributed by atoms with van der Waals surface area (Å²) < 4.78 is 64.8. The predicted molar refractivity (Wildman–Crippen MR) is 172 cm³/mol. The molecule has 0 N–H and O–H groups in total. The van der Waals surface area contributed by atoms with E-state index < -0.39 is 41.2 Å². The van der Waals surface area contributed by atoms with Crippen molar-refractivity contribution in [2.75, 3.05) is 0 Å². The first-order valence-electron chi connectivity index (χ1n) is 16.1. The summed E-state index contributed by atoms with van der Waals surface area (Å²) in [6, 6.07) is 22.5. The Kier molecular flexibility index (Phi) is 5.80. The second kappa shape index (κ2) is 9.14. The number of rotatable bonds is 4. The molecule has 9 heteroatoms. The minimum Gasteiger partial charge on any atom is -0.206 e. The Morgan fingerprint density at radius 1 is 0.682 bits per heavy atom. The van der Waals surface area contributed by atoms with Crippen LogP contribution < -0.4 is 0 Å². The van der Waals surface area contributed by atoms with Gasteiger partial charge in [0.1, 0.15) is 0 Å². The van der Waals surface area contributed by atoms with Gasteiger partial charge in [0.25, 0.3) is 20.0 Å². The molecule has 6 nitrogen and oxygen atoms in total. The van der Waals surface area contributed by atoms with Crippen molar-refractivity contribution in [1.82, 2.24) is 3.71 Å². The number of hydrogen-bond acceptors (Lipinski definition) is 4. The Labute approximate surface area is 263 Å². The van der Waals surface area contributed by atoms with Gasteiger partial charge in [-0.15, -0.1) is 7.48 Å². The van der Waals surface area contributed by atoms with Gasteiger partial charge in [-0.25, -0.2) is 8.42 Å². The van der Waals surface area contributed by atoms with E-state index in [9.17, 15) is 8.42 Å². The third kappa shape index (κ3) is 3.32. The highest BCUT2D eigenvalue weighted by molar-refractivity contribution is 8.08. The minimum absolute atomic E-state index is 0.0440. The summed E-state index contributed by atoms with van der Waals surface area (Å²) >= 11 is 0. The van der Waals surface area contributed by atoms with Crippen LogP contribution in [-0.4, -0.2) is 30.8 Å². The van der Waals surface area contributed by atoms with Crippen LogP contribution in [0.5, 0.6) is 0 Å². The van der Waals surface area contributed by atoms with Gasteiger partial charge in [-0.05, 0) is 118 Å². The molecule has 1 saturated heterocycles. The number of hydrogen-bond donors (Lipinski definition) is 0. The lowest BCUT2D eigenvalue weighted by Crippen LogP contribution is -2.87. The molecule has 5 saturated carbocycles. The first-order valence-corrected chi connectivity index (χ1v) is 20.1. The molecule has 0 aromatic heterocycles. The Hall–Kier alpha value is -2.33. The topological polar surface area (TPSA) is 83.9 Å². The van der Waals surface area contributed by atoms with Crippen LogP contribution in [-0.2, 0) is 30.9 Å². The van der Waals surface area contributed by atoms with E-state index in [1.807, 2.05) is 26.0 Å². The molecule has 0 amide bonds. The fourth-order valence-electron chi connectivity index (χ4n) is 11.1. The fraction of sp³-hybridized carbons (Fsp3) is 0.486. The number of benzene rings is 3. The maximum atomic E-state index is 15.1. The minimum atomic E-state index is -4.12. The maximum absolute atomic E-state index is 15.1. The van der Waals surface area contributed by atoms with Crippen LogP contribution in [0, 0.1) is 37.5 Å². The van der Waals surface area contributed by atoms with Gasteiger partial charge in [0.2, 0.25) is 0 Å². The standard InChI is InChI=1S/C35H38N2O4S3/c1-22-7-11-28(12-8-22)43(38,39)36-42-35(26-18-24-17-25(20-26)21-27(35)19-24)34(32-15-16-33(34)31-6-4-3-5-30(31)32)37(42)44(40,41)29-13-9-23(2)10-14-29/h3-14,24-27,32-33H,15-21H2,1-2H3. The SMILES string of the molecule is Cc1ccc(S(=O)(=O)/N=S2/N(S(=O)(=O)c3ccc(C)cc3)C3(C4CCC3c3ccccc34)C23C2CC4CC(C2)CC3C4)cc1. The van der Waals surface area contributed by atoms with Crippen molar-refractivity contribution in [3.63, 3.8) is 0 Å². The zero-order chi connectivity index (χ0) is 30.2. The molecule has 3 atom stereocenters. The molecule has 230 valence electrons. The zero-order valence-electron chi connectivity index (χ0n) is 25.1. The number of aryl methyl sites for hydroxylation is 2. The summed E-state index contributed by atoms with van der Waals surface area (Å²) in [5.74, 6) is 1.96. The van der Waals surface area contributed by atoms with Crippen molar-refractivity contribution in [2.24, 2.45) is 27.4 Å². The van der Waals surface area contributed by atoms with Crippen molar-refractivity contribution in [3.05, 3.63) is 95.1 Å². The average molecular weight is 647 g/mol. The molecule has 3 aromatic rings. The second-order valence-electron chi connectivity index (χ2n) is 14.4. The van der Waals surface area contributed by atoms with Crippen LogP contribution >= 0.6 is 0 Å². The van der Waals surface area contributed by atoms with Crippen LogP contribution in [0.1, 0.15) is 79.0 Å². The highest BCUT2D eigenvalue weighted by Gasteiger charge is 2.86. The van der Waals surface area contributed by atoms with E-state index in [2.05, 4.69) is 24.3 Å². The summed E-state index contributed by atoms with van der Waals surface area (Å²) in [4.78, 5) is 0.373. The monoisotopic (exact) mass is 646 g/mol. The van der Waals surface area contributed by atoms with Gasteiger partial charge in [0, 0.05) is 22.7 Å². The van der Waals surface area contributed by atoms with Gasteiger partial charge in [0.05, 0.1) is 20.1 Å². The highest BCUT2D eigenvalue weighted by Crippen LogP contribution is 2.80. The predicted octanol–water partition coefficient (Wildman–Crippen LogP) is 7.02. The molecular formula is C35H38N2O4S3. The Morgan fingerprint density at radius 3 is 1.66 bits per heavy atom. The lowest BCUT2D eigenvalue weighted by Gasteiger charge is -2.76. The molecule has 44 heavy (non-hydrogen) atoms. The molecule has 2 spiro atoms. The van der Waals surface area contributed by atoms with Crippen LogP contribution in [0.15, 0.2) is 86.4 Å². The van der Waals surface area contributed by atoms with Crippen LogP contribution in [0.2, 0.25) is 0 Å². The molecule has 3 unspecified atom stereocenters. The summed E-state index contributed by atoms with van der Waals surface area (Å²) in [5, 5.41) is 0. The highest BCUT2D eigenvalue weighted by atomic mass is 32.3. The lowest BCUT2D eigenvalue weighted by atomic mass is 9.46. The van der Waals surface area contributed by atoms with E-state index in [-0.39, 0.29) is 33.5 Å². The van der Waals surface area contributed by atoms with Gasteiger partial charge in [-0.3, -0.25) is 0 Å².